The van der Waals surface area contributed by atoms with Gasteiger partial charge in [0, 0.05) is 12.1 Å². The van der Waals surface area contributed by atoms with Crippen molar-refractivity contribution in [1.82, 2.24) is 25.5 Å². The molecule has 0 atom stereocenters. The van der Waals surface area contributed by atoms with Crippen molar-refractivity contribution in [3.05, 3.63) is 59.4 Å². The SMILES string of the molecule is COc1ccc(CCNC(=O)c2ccc(OCc3nnnn3C(C)C)cc2)cc1OC. The van der Waals surface area contributed by atoms with Crippen LogP contribution in [0.1, 0.15) is 41.6 Å². The number of carbonyl (C=O) groups is 1. The molecule has 1 aromatic heterocycles. The molecule has 0 aliphatic heterocycles. The third kappa shape index (κ3) is 5.71. The van der Waals surface area contributed by atoms with Gasteiger partial charge in [0.2, 0.25) is 0 Å². The molecule has 1 N–H and O–H groups in total. The average molecular weight is 425 g/mol. The van der Waals surface area contributed by atoms with E-state index in [1.54, 1.807) is 43.2 Å². The van der Waals surface area contributed by atoms with E-state index in [0.717, 1.165) is 5.56 Å². The molecule has 0 saturated carbocycles. The molecule has 31 heavy (non-hydrogen) atoms. The molecule has 0 spiro atoms. The predicted molar refractivity (Wildman–Crippen MR) is 115 cm³/mol. The van der Waals surface area contributed by atoms with Gasteiger partial charge < -0.3 is 19.5 Å². The van der Waals surface area contributed by atoms with Crippen molar-refractivity contribution < 1.29 is 19.0 Å². The fourth-order valence-corrected chi connectivity index (χ4v) is 3.02. The lowest BCUT2D eigenvalue weighted by Crippen LogP contribution is -2.25. The summed E-state index contributed by atoms with van der Waals surface area (Å²) in [5.41, 5.74) is 1.61. The maximum atomic E-state index is 12.4. The van der Waals surface area contributed by atoms with E-state index in [4.69, 9.17) is 14.2 Å². The van der Waals surface area contributed by atoms with Gasteiger partial charge in [0.15, 0.2) is 17.3 Å². The minimum Gasteiger partial charge on any atom is -0.493 e. The number of aromatic nitrogens is 4. The summed E-state index contributed by atoms with van der Waals surface area (Å²) in [5.74, 6) is 2.49. The van der Waals surface area contributed by atoms with Crippen molar-refractivity contribution in [1.29, 1.82) is 0 Å². The van der Waals surface area contributed by atoms with Gasteiger partial charge in [-0.1, -0.05) is 6.07 Å². The monoisotopic (exact) mass is 425 g/mol. The molecule has 0 aliphatic rings. The molecule has 0 bridgehead atoms. The van der Waals surface area contributed by atoms with Crippen molar-refractivity contribution in [3.8, 4) is 17.2 Å². The molecular weight excluding hydrogens is 398 g/mol. The van der Waals surface area contributed by atoms with Crippen LogP contribution in [-0.2, 0) is 13.0 Å². The molecule has 3 rings (SSSR count). The second kappa shape index (κ2) is 10.4. The van der Waals surface area contributed by atoms with E-state index in [0.29, 0.717) is 41.6 Å². The molecule has 0 radical (unpaired) electrons. The van der Waals surface area contributed by atoms with Crippen LogP contribution in [0.4, 0.5) is 0 Å². The summed E-state index contributed by atoms with van der Waals surface area (Å²) in [6.45, 7) is 4.75. The Labute approximate surface area is 181 Å². The highest BCUT2D eigenvalue weighted by Gasteiger charge is 2.11. The Morgan fingerprint density at radius 3 is 2.48 bits per heavy atom. The van der Waals surface area contributed by atoms with Crippen LogP contribution in [0, 0.1) is 0 Å². The fourth-order valence-electron chi connectivity index (χ4n) is 3.02. The Balaban J connectivity index is 1.49. The van der Waals surface area contributed by atoms with Crippen molar-refractivity contribution >= 4 is 5.91 Å². The van der Waals surface area contributed by atoms with Crippen LogP contribution in [0.5, 0.6) is 17.2 Å². The molecular formula is C22H27N5O4. The average Bonchev–Trinajstić information content (AvgIpc) is 3.27. The summed E-state index contributed by atoms with van der Waals surface area (Å²) >= 11 is 0. The topological polar surface area (TPSA) is 100 Å². The Morgan fingerprint density at radius 2 is 1.81 bits per heavy atom. The molecule has 0 saturated heterocycles. The Morgan fingerprint density at radius 1 is 1.06 bits per heavy atom. The zero-order valence-corrected chi connectivity index (χ0v) is 18.2. The van der Waals surface area contributed by atoms with Crippen LogP contribution in [0.15, 0.2) is 42.5 Å². The summed E-state index contributed by atoms with van der Waals surface area (Å²) in [7, 11) is 3.20. The third-order valence-electron chi connectivity index (χ3n) is 4.68. The van der Waals surface area contributed by atoms with Crippen LogP contribution in [0.2, 0.25) is 0 Å². The Kier molecular flexibility index (Phi) is 7.42. The molecule has 9 heteroatoms. The number of nitrogens with one attached hydrogen (secondary N) is 1. The molecule has 0 unspecified atom stereocenters. The first kappa shape index (κ1) is 22.1. The number of benzene rings is 2. The zero-order chi connectivity index (χ0) is 22.2. The maximum Gasteiger partial charge on any atom is 0.251 e. The Hall–Kier alpha value is -3.62. The van der Waals surface area contributed by atoms with Crippen LogP contribution >= 0.6 is 0 Å². The molecule has 1 heterocycles. The lowest BCUT2D eigenvalue weighted by molar-refractivity contribution is 0.0954. The van der Waals surface area contributed by atoms with Gasteiger partial charge in [0.1, 0.15) is 12.4 Å². The summed E-state index contributed by atoms with van der Waals surface area (Å²) in [6, 6.07) is 12.8. The van der Waals surface area contributed by atoms with E-state index >= 15 is 0 Å². The summed E-state index contributed by atoms with van der Waals surface area (Å²) in [4.78, 5) is 12.4. The first-order valence-corrected chi connectivity index (χ1v) is 10.0. The fraction of sp³-hybridized carbons (Fsp3) is 0.364. The van der Waals surface area contributed by atoms with E-state index in [2.05, 4.69) is 20.8 Å². The van der Waals surface area contributed by atoms with E-state index in [1.807, 2.05) is 32.0 Å². The van der Waals surface area contributed by atoms with Gasteiger partial charge in [-0.15, -0.1) is 5.10 Å². The highest BCUT2D eigenvalue weighted by molar-refractivity contribution is 5.94. The van der Waals surface area contributed by atoms with Crippen LogP contribution in [-0.4, -0.2) is 46.9 Å². The molecule has 2 aromatic carbocycles. The van der Waals surface area contributed by atoms with Gasteiger partial charge in [-0.3, -0.25) is 4.79 Å². The number of amides is 1. The first-order chi connectivity index (χ1) is 15.0. The normalized spacial score (nSPS) is 10.7. The van der Waals surface area contributed by atoms with Gasteiger partial charge >= 0.3 is 0 Å². The van der Waals surface area contributed by atoms with Crippen LogP contribution < -0.4 is 19.5 Å². The molecule has 0 aliphatic carbocycles. The number of methoxy groups -OCH3 is 2. The van der Waals surface area contributed by atoms with Gasteiger partial charge in [-0.05, 0) is 72.7 Å². The van der Waals surface area contributed by atoms with Gasteiger partial charge in [-0.2, -0.15) is 0 Å². The van der Waals surface area contributed by atoms with Crippen LogP contribution in [0.3, 0.4) is 0 Å². The lowest BCUT2D eigenvalue weighted by Gasteiger charge is -2.11. The van der Waals surface area contributed by atoms with E-state index in [9.17, 15) is 4.79 Å². The highest BCUT2D eigenvalue weighted by Crippen LogP contribution is 2.27. The summed E-state index contributed by atoms with van der Waals surface area (Å²) in [6.07, 6.45) is 0.678. The van der Waals surface area contributed by atoms with Crippen molar-refractivity contribution in [2.45, 2.75) is 32.9 Å². The maximum absolute atomic E-state index is 12.4. The van der Waals surface area contributed by atoms with Crippen molar-refractivity contribution in [3.63, 3.8) is 0 Å². The van der Waals surface area contributed by atoms with Gasteiger partial charge in [0.05, 0.1) is 20.3 Å². The number of carbonyl (C=O) groups excluding carboxylic acids is 1. The first-order valence-electron chi connectivity index (χ1n) is 10.0. The largest absolute Gasteiger partial charge is 0.493 e. The van der Waals surface area contributed by atoms with Crippen molar-refractivity contribution in [2.24, 2.45) is 0 Å². The third-order valence-corrected chi connectivity index (χ3v) is 4.68. The summed E-state index contributed by atoms with van der Waals surface area (Å²) < 4.78 is 18.0. The van der Waals surface area contributed by atoms with E-state index in [-0.39, 0.29) is 18.6 Å². The highest BCUT2D eigenvalue weighted by atomic mass is 16.5. The van der Waals surface area contributed by atoms with Gasteiger partial charge in [0.25, 0.3) is 5.91 Å². The van der Waals surface area contributed by atoms with E-state index in [1.165, 1.54) is 0 Å². The number of hydrogen-bond donors (Lipinski definition) is 1. The number of rotatable bonds is 10. The number of tetrazole rings is 1. The predicted octanol–water partition coefficient (Wildman–Crippen LogP) is 2.82. The number of nitrogens with zero attached hydrogens (tertiary/aromatic N) is 4. The second-order valence-electron chi connectivity index (χ2n) is 7.14. The standard InChI is InChI=1S/C22H27N5O4/c1-15(2)27-21(24-25-26-27)14-31-18-8-6-17(7-9-18)22(28)23-12-11-16-5-10-19(29-3)20(13-16)30-4/h5-10,13,15H,11-12,14H2,1-4H3,(H,23,28). The molecule has 164 valence electrons. The second-order valence-corrected chi connectivity index (χ2v) is 7.14. The quantitative estimate of drug-likeness (QED) is 0.533. The number of ether oxygens (including phenoxy) is 3. The number of hydrogen-bond acceptors (Lipinski definition) is 7. The molecule has 0 fully saturated rings. The Bertz CT molecular complexity index is 1000. The van der Waals surface area contributed by atoms with Crippen LogP contribution in [0.25, 0.3) is 0 Å². The molecule has 9 nitrogen and oxygen atoms in total. The van der Waals surface area contributed by atoms with Gasteiger partial charge in [-0.25, -0.2) is 4.68 Å². The summed E-state index contributed by atoms with van der Waals surface area (Å²) in [5, 5.41) is 14.5. The lowest BCUT2D eigenvalue weighted by atomic mass is 10.1. The molecule has 3 aromatic rings. The van der Waals surface area contributed by atoms with Crippen molar-refractivity contribution in [2.75, 3.05) is 20.8 Å². The minimum absolute atomic E-state index is 0.143. The zero-order valence-electron chi connectivity index (χ0n) is 18.2. The van der Waals surface area contributed by atoms with E-state index < -0.39 is 0 Å². The minimum atomic E-state index is -0.143. The molecule has 1 amide bonds. The smallest absolute Gasteiger partial charge is 0.251 e.